The Morgan fingerprint density at radius 2 is 2.00 bits per heavy atom. The Bertz CT molecular complexity index is 404. The van der Waals surface area contributed by atoms with Crippen LogP contribution in [-0.4, -0.2) is 18.4 Å². The molecule has 1 aliphatic rings. The molecule has 1 aromatic rings. The fourth-order valence-corrected chi connectivity index (χ4v) is 1.93. The van der Waals surface area contributed by atoms with Crippen molar-refractivity contribution in [2.75, 3.05) is 0 Å². The number of halogens is 1. The molecule has 4 nitrogen and oxygen atoms in total. The normalized spacial score (nSPS) is 19.4. The number of ether oxygens (including phenoxy) is 1. The third kappa shape index (κ3) is 2.00. The maximum atomic E-state index is 10.7. The molecule has 14 heavy (non-hydrogen) atoms. The summed E-state index contributed by atoms with van der Waals surface area (Å²) < 4.78 is 35.2. The lowest BCUT2D eigenvalue weighted by molar-refractivity contribution is 0.286. The fraction of sp³-hybridized carbons (Fsp3) is 0.250. The largest absolute Gasteiger partial charge is 0.471 e. The molecule has 1 aromatic carbocycles. The van der Waals surface area contributed by atoms with Crippen molar-refractivity contribution in [3.05, 3.63) is 29.8 Å². The molecule has 0 spiro atoms. The monoisotopic (exact) mass is 236 g/mol. The predicted molar refractivity (Wildman–Crippen MR) is 53.4 cm³/mol. The van der Waals surface area contributed by atoms with Crippen LogP contribution >= 0.6 is 12.4 Å². The van der Waals surface area contributed by atoms with Crippen molar-refractivity contribution in [1.82, 2.24) is 0 Å². The highest BCUT2D eigenvalue weighted by atomic mass is 35.5. The Hall–Kier alpha value is -0.780. The van der Waals surface area contributed by atoms with E-state index < -0.39 is 15.6 Å². The zero-order valence-corrected chi connectivity index (χ0v) is 8.72. The van der Waals surface area contributed by atoms with Crippen LogP contribution in [0.15, 0.2) is 24.3 Å². The second kappa shape index (κ2) is 3.76. The number of hydrogen-bond donors (Lipinski definition) is 1. The summed E-state index contributed by atoms with van der Waals surface area (Å²) in [6, 6.07) is 7.01. The second-order valence-corrected chi connectivity index (χ2v) is 4.43. The van der Waals surface area contributed by atoms with Crippen LogP contribution < -0.4 is 4.74 Å². The fourth-order valence-electron chi connectivity index (χ4n) is 1.32. The van der Waals surface area contributed by atoms with E-state index in [0.717, 1.165) is 5.56 Å². The van der Waals surface area contributed by atoms with Gasteiger partial charge in [-0.3, -0.25) is 4.55 Å². The van der Waals surface area contributed by atoms with Gasteiger partial charge in [0.05, 0.1) is 0 Å². The van der Waals surface area contributed by atoms with Crippen LogP contribution in [0, 0.1) is 0 Å². The SMILES string of the molecule is Cl.O=S(=O)(O)C1Cc2ccccc2O1. The van der Waals surface area contributed by atoms with Gasteiger partial charge in [-0.2, -0.15) is 8.42 Å². The molecule has 0 saturated carbocycles. The first-order valence-corrected chi connectivity index (χ1v) is 5.28. The van der Waals surface area contributed by atoms with Gasteiger partial charge in [-0.1, -0.05) is 18.2 Å². The number of rotatable bonds is 1. The maximum Gasteiger partial charge on any atom is 0.303 e. The average molecular weight is 237 g/mol. The van der Waals surface area contributed by atoms with E-state index in [9.17, 15) is 8.42 Å². The van der Waals surface area contributed by atoms with Gasteiger partial charge in [0.25, 0.3) is 0 Å². The van der Waals surface area contributed by atoms with Crippen LogP contribution in [0.2, 0.25) is 0 Å². The summed E-state index contributed by atoms with van der Waals surface area (Å²) in [6.45, 7) is 0. The van der Waals surface area contributed by atoms with E-state index in [-0.39, 0.29) is 18.8 Å². The molecule has 0 radical (unpaired) electrons. The van der Waals surface area contributed by atoms with E-state index in [1.807, 2.05) is 0 Å². The molecule has 1 heterocycles. The van der Waals surface area contributed by atoms with Gasteiger partial charge in [-0.05, 0) is 11.6 Å². The third-order valence-corrected chi connectivity index (χ3v) is 2.88. The van der Waals surface area contributed by atoms with E-state index >= 15 is 0 Å². The van der Waals surface area contributed by atoms with E-state index in [1.165, 1.54) is 0 Å². The molecule has 78 valence electrons. The van der Waals surface area contributed by atoms with E-state index in [1.54, 1.807) is 24.3 Å². The Kier molecular flexibility index (Phi) is 3.04. The Morgan fingerprint density at radius 3 is 2.57 bits per heavy atom. The molecule has 1 aliphatic heterocycles. The van der Waals surface area contributed by atoms with Crippen molar-refractivity contribution >= 4 is 22.5 Å². The molecule has 0 amide bonds. The first-order chi connectivity index (χ1) is 6.07. The topological polar surface area (TPSA) is 63.6 Å². The number of hydrogen-bond acceptors (Lipinski definition) is 3. The number of fused-ring (bicyclic) bond motifs is 1. The lowest BCUT2D eigenvalue weighted by Crippen LogP contribution is -2.24. The van der Waals surface area contributed by atoms with Crippen molar-refractivity contribution in [2.45, 2.75) is 11.9 Å². The first kappa shape index (κ1) is 11.3. The molecule has 6 heteroatoms. The summed E-state index contributed by atoms with van der Waals surface area (Å²) in [5, 5.41) is 0. The molecule has 0 fully saturated rings. The molecule has 2 rings (SSSR count). The maximum absolute atomic E-state index is 10.7. The highest BCUT2D eigenvalue weighted by molar-refractivity contribution is 7.86. The van der Waals surface area contributed by atoms with Crippen molar-refractivity contribution < 1.29 is 17.7 Å². The second-order valence-electron chi connectivity index (χ2n) is 2.87. The van der Waals surface area contributed by atoms with Gasteiger partial charge in [-0.25, -0.2) is 0 Å². The zero-order chi connectivity index (χ0) is 9.47. The van der Waals surface area contributed by atoms with E-state index in [0.29, 0.717) is 5.75 Å². The minimum atomic E-state index is -4.09. The highest BCUT2D eigenvalue weighted by Crippen LogP contribution is 2.29. The van der Waals surface area contributed by atoms with Gasteiger partial charge in [0.2, 0.25) is 5.44 Å². The summed E-state index contributed by atoms with van der Waals surface area (Å²) in [4.78, 5) is 0. The summed E-state index contributed by atoms with van der Waals surface area (Å²) in [5.74, 6) is 0.533. The first-order valence-electron chi connectivity index (χ1n) is 3.78. The van der Waals surface area contributed by atoms with Crippen LogP contribution in [0.5, 0.6) is 5.75 Å². The van der Waals surface area contributed by atoms with Gasteiger partial charge in [0.1, 0.15) is 5.75 Å². The lowest BCUT2D eigenvalue weighted by Gasteiger charge is -2.05. The molecule has 1 atom stereocenters. The van der Waals surface area contributed by atoms with Gasteiger partial charge < -0.3 is 4.74 Å². The summed E-state index contributed by atoms with van der Waals surface area (Å²) in [5.41, 5.74) is -0.324. The standard InChI is InChI=1S/C8H8O4S.ClH/c9-13(10,11)8-5-6-3-1-2-4-7(6)12-8;/h1-4,8H,5H2,(H,9,10,11);1H. The summed E-state index contributed by atoms with van der Waals surface area (Å²) >= 11 is 0. The van der Waals surface area contributed by atoms with Crippen LogP contribution in [0.25, 0.3) is 0 Å². The predicted octanol–water partition coefficient (Wildman–Crippen LogP) is 1.26. The smallest absolute Gasteiger partial charge is 0.303 e. The van der Waals surface area contributed by atoms with Crippen molar-refractivity contribution in [3.63, 3.8) is 0 Å². The van der Waals surface area contributed by atoms with Gasteiger partial charge in [-0.15, -0.1) is 12.4 Å². The Balaban J connectivity index is 0.000000980. The van der Waals surface area contributed by atoms with Crippen molar-refractivity contribution in [1.29, 1.82) is 0 Å². The van der Waals surface area contributed by atoms with Gasteiger partial charge in [0.15, 0.2) is 0 Å². The van der Waals surface area contributed by atoms with Crippen LogP contribution in [0.4, 0.5) is 0 Å². The van der Waals surface area contributed by atoms with E-state index in [2.05, 4.69) is 0 Å². The van der Waals surface area contributed by atoms with Crippen molar-refractivity contribution in [2.24, 2.45) is 0 Å². The van der Waals surface area contributed by atoms with Crippen LogP contribution in [-0.2, 0) is 16.5 Å². The molecule has 0 aliphatic carbocycles. The molecule has 0 aromatic heterocycles. The summed E-state index contributed by atoms with van der Waals surface area (Å²) in [7, 11) is -4.09. The molecule has 1 unspecified atom stereocenters. The van der Waals surface area contributed by atoms with Crippen LogP contribution in [0.3, 0.4) is 0 Å². The number of para-hydroxylation sites is 1. The molecular formula is C8H9ClO4S. The minimum Gasteiger partial charge on any atom is -0.471 e. The Labute approximate surface area is 88.1 Å². The van der Waals surface area contributed by atoms with Crippen LogP contribution in [0.1, 0.15) is 5.56 Å². The van der Waals surface area contributed by atoms with E-state index in [4.69, 9.17) is 9.29 Å². The van der Waals surface area contributed by atoms with Gasteiger partial charge >= 0.3 is 10.1 Å². The average Bonchev–Trinajstić information content (AvgIpc) is 2.45. The lowest BCUT2D eigenvalue weighted by atomic mass is 10.2. The molecular weight excluding hydrogens is 228 g/mol. The molecule has 0 bridgehead atoms. The number of benzene rings is 1. The zero-order valence-electron chi connectivity index (χ0n) is 7.08. The summed E-state index contributed by atoms with van der Waals surface area (Å²) in [6.07, 6.45) is 0.217. The minimum absolute atomic E-state index is 0. The van der Waals surface area contributed by atoms with Gasteiger partial charge in [0, 0.05) is 6.42 Å². The molecule has 1 N–H and O–H groups in total. The third-order valence-electron chi connectivity index (χ3n) is 1.95. The highest BCUT2D eigenvalue weighted by Gasteiger charge is 2.32. The quantitative estimate of drug-likeness (QED) is 0.746. The Morgan fingerprint density at radius 1 is 1.36 bits per heavy atom. The molecule has 0 saturated heterocycles. The van der Waals surface area contributed by atoms with Crippen molar-refractivity contribution in [3.8, 4) is 5.75 Å².